The van der Waals surface area contributed by atoms with Crippen LogP contribution in [-0.2, 0) is 30.2 Å². The Labute approximate surface area is 323 Å². The Hall–Kier alpha value is -5.46. The molecule has 0 bridgehead atoms. The van der Waals surface area contributed by atoms with Crippen molar-refractivity contribution in [3.8, 4) is 33.6 Å². The van der Waals surface area contributed by atoms with Crippen molar-refractivity contribution < 1.29 is 23.9 Å². The van der Waals surface area contributed by atoms with E-state index in [4.69, 9.17) is 14.7 Å². The molecule has 2 aromatic carbocycles. The number of H-pyrrole nitrogens is 2. The Bertz CT molecular complexity index is 2020. The van der Waals surface area contributed by atoms with Crippen molar-refractivity contribution in [2.75, 3.05) is 20.2 Å². The van der Waals surface area contributed by atoms with Gasteiger partial charge >= 0.3 is 6.09 Å². The first-order valence-electron chi connectivity index (χ1n) is 19.2. The SMILES string of the molecule is COC(=O)NC(C(=O)N1CCCC1(C)c1ncc(-c2ccc(-c3ccc(-c4cnc(C5(C)CCCN5C(=O)C(NC(C)=O)C(C)C)[nH]4)cc3)cc2)[nH]1)C(C)C. The Balaban J connectivity index is 1.14. The van der Waals surface area contributed by atoms with E-state index in [-0.39, 0.29) is 29.6 Å². The molecule has 2 saturated heterocycles. The van der Waals surface area contributed by atoms with Crippen molar-refractivity contribution >= 4 is 23.8 Å². The molecule has 4 atom stereocenters. The number of alkyl carbamates (subject to hydrolysis) is 1. The molecular weight excluding hydrogens is 697 g/mol. The van der Waals surface area contributed by atoms with Crippen LogP contribution in [0.25, 0.3) is 33.6 Å². The molecule has 2 aromatic heterocycles. The number of rotatable bonds is 11. The molecule has 4 N–H and O–H groups in total. The molecule has 0 spiro atoms. The summed E-state index contributed by atoms with van der Waals surface area (Å²) in [5, 5.41) is 5.56. The number of nitrogens with zero attached hydrogens (tertiary/aromatic N) is 4. The van der Waals surface area contributed by atoms with Gasteiger partial charge in [0.05, 0.1) is 42.0 Å². The van der Waals surface area contributed by atoms with Crippen LogP contribution in [0.15, 0.2) is 60.9 Å². The third-order valence-corrected chi connectivity index (χ3v) is 11.4. The number of methoxy groups -OCH3 is 1. The molecule has 292 valence electrons. The largest absolute Gasteiger partial charge is 0.453 e. The van der Waals surface area contributed by atoms with E-state index in [2.05, 4.69) is 69.1 Å². The fourth-order valence-corrected chi connectivity index (χ4v) is 8.06. The summed E-state index contributed by atoms with van der Waals surface area (Å²) in [6.07, 6.45) is 6.21. The molecule has 2 aliphatic rings. The number of benzene rings is 2. The molecule has 0 aliphatic carbocycles. The first-order valence-corrected chi connectivity index (χ1v) is 19.2. The summed E-state index contributed by atoms with van der Waals surface area (Å²) in [7, 11) is 1.29. The van der Waals surface area contributed by atoms with Gasteiger partial charge in [-0.1, -0.05) is 76.2 Å². The van der Waals surface area contributed by atoms with Crippen LogP contribution in [0.5, 0.6) is 0 Å². The zero-order chi connectivity index (χ0) is 39.7. The van der Waals surface area contributed by atoms with Crippen LogP contribution in [0.2, 0.25) is 0 Å². The number of hydrogen-bond donors (Lipinski definition) is 4. The van der Waals surface area contributed by atoms with Crippen LogP contribution in [0.4, 0.5) is 4.79 Å². The Kier molecular flexibility index (Phi) is 11.2. The van der Waals surface area contributed by atoms with Gasteiger partial charge in [0.1, 0.15) is 23.7 Å². The molecule has 55 heavy (non-hydrogen) atoms. The fourth-order valence-electron chi connectivity index (χ4n) is 8.06. The van der Waals surface area contributed by atoms with Gasteiger partial charge in [-0.2, -0.15) is 0 Å². The zero-order valence-corrected chi connectivity index (χ0v) is 33.2. The summed E-state index contributed by atoms with van der Waals surface area (Å²) in [6.45, 7) is 14.4. The van der Waals surface area contributed by atoms with E-state index < -0.39 is 29.3 Å². The van der Waals surface area contributed by atoms with Crippen molar-refractivity contribution in [2.24, 2.45) is 11.8 Å². The topological polar surface area (TPSA) is 165 Å². The van der Waals surface area contributed by atoms with Crippen molar-refractivity contribution in [3.05, 3.63) is 72.6 Å². The number of aromatic nitrogens is 4. The lowest BCUT2D eigenvalue weighted by molar-refractivity contribution is -0.141. The minimum atomic E-state index is -0.706. The minimum Gasteiger partial charge on any atom is -0.453 e. The molecule has 4 heterocycles. The van der Waals surface area contributed by atoms with E-state index in [1.807, 2.05) is 63.7 Å². The summed E-state index contributed by atoms with van der Waals surface area (Å²) in [6, 6.07) is 15.3. The van der Waals surface area contributed by atoms with Gasteiger partial charge in [0, 0.05) is 20.0 Å². The Morgan fingerprint density at radius 1 is 0.673 bits per heavy atom. The second-order valence-corrected chi connectivity index (χ2v) is 16.0. The molecule has 4 amide bonds. The quantitative estimate of drug-likeness (QED) is 0.139. The van der Waals surface area contributed by atoms with E-state index in [0.29, 0.717) is 18.9 Å². The molecule has 2 fully saturated rings. The highest BCUT2D eigenvalue weighted by Gasteiger charge is 2.47. The molecule has 6 rings (SSSR count). The average molecular weight is 751 g/mol. The monoisotopic (exact) mass is 750 g/mol. The van der Waals surface area contributed by atoms with Crippen molar-refractivity contribution in [1.29, 1.82) is 0 Å². The minimum absolute atomic E-state index is 0.0421. The molecule has 0 saturated carbocycles. The van der Waals surface area contributed by atoms with Gasteiger partial charge in [-0.3, -0.25) is 14.4 Å². The van der Waals surface area contributed by atoms with Gasteiger partial charge in [0.15, 0.2) is 0 Å². The third kappa shape index (κ3) is 7.74. The fraction of sp³-hybridized carbons (Fsp3) is 0.476. The highest BCUT2D eigenvalue weighted by Crippen LogP contribution is 2.40. The molecule has 13 nitrogen and oxygen atoms in total. The lowest BCUT2D eigenvalue weighted by Gasteiger charge is -2.37. The number of aromatic amines is 2. The van der Waals surface area contributed by atoms with Gasteiger partial charge in [-0.25, -0.2) is 14.8 Å². The van der Waals surface area contributed by atoms with Crippen molar-refractivity contribution in [1.82, 2.24) is 40.4 Å². The average Bonchev–Trinajstić information content (AvgIpc) is 3.99. The second-order valence-electron chi connectivity index (χ2n) is 16.0. The Morgan fingerprint density at radius 3 is 1.42 bits per heavy atom. The van der Waals surface area contributed by atoms with E-state index >= 15 is 0 Å². The number of nitrogens with one attached hydrogen (secondary N) is 4. The van der Waals surface area contributed by atoms with Crippen LogP contribution in [0.3, 0.4) is 0 Å². The normalized spacial score (nSPS) is 20.8. The maximum absolute atomic E-state index is 13.7. The second kappa shape index (κ2) is 15.7. The van der Waals surface area contributed by atoms with Gasteiger partial charge in [-0.15, -0.1) is 0 Å². The van der Waals surface area contributed by atoms with Crippen LogP contribution in [0.1, 0.15) is 85.8 Å². The summed E-state index contributed by atoms with van der Waals surface area (Å²) < 4.78 is 4.78. The number of carbonyl (C=O) groups is 4. The van der Waals surface area contributed by atoms with Crippen LogP contribution in [0, 0.1) is 11.8 Å². The van der Waals surface area contributed by atoms with Gasteiger partial charge < -0.3 is 35.1 Å². The summed E-state index contributed by atoms with van der Waals surface area (Å²) >= 11 is 0. The molecule has 4 aromatic rings. The smallest absolute Gasteiger partial charge is 0.407 e. The van der Waals surface area contributed by atoms with Gasteiger partial charge in [-0.05, 0) is 73.6 Å². The zero-order valence-electron chi connectivity index (χ0n) is 33.2. The molecular formula is C42H54N8O5. The number of ether oxygens (including phenoxy) is 1. The first kappa shape index (κ1) is 39.2. The van der Waals surface area contributed by atoms with Crippen LogP contribution in [-0.4, -0.2) is 85.8 Å². The number of likely N-dealkylation sites (tertiary alicyclic amines) is 2. The molecule has 2 aliphatic heterocycles. The van der Waals surface area contributed by atoms with E-state index in [9.17, 15) is 19.2 Å². The number of imidazole rings is 2. The van der Waals surface area contributed by atoms with E-state index in [0.717, 1.165) is 65.1 Å². The third-order valence-electron chi connectivity index (χ3n) is 11.4. The van der Waals surface area contributed by atoms with E-state index in [1.54, 1.807) is 0 Å². The summed E-state index contributed by atoms with van der Waals surface area (Å²) in [5.41, 5.74) is 4.54. The van der Waals surface area contributed by atoms with Crippen molar-refractivity contribution in [3.63, 3.8) is 0 Å². The number of carbonyl (C=O) groups excluding carboxylic acids is 4. The predicted molar refractivity (Wildman–Crippen MR) is 210 cm³/mol. The predicted octanol–water partition coefficient (Wildman–Crippen LogP) is 6.35. The number of hydrogen-bond acceptors (Lipinski definition) is 7. The highest BCUT2D eigenvalue weighted by molar-refractivity contribution is 5.88. The van der Waals surface area contributed by atoms with Gasteiger partial charge in [0.2, 0.25) is 17.7 Å². The molecule has 4 unspecified atom stereocenters. The molecule has 13 heteroatoms. The lowest BCUT2D eigenvalue weighted by atomic mass is 9.95. The maximum Gasteiger partial charge on any atom is 0.407 e. The lowest BCUT2D eigenvalue weighted by Crippen LogP contribution is -2.55. The van der Waals surface area contributed by atoms with E-state index in [1.165, 1.54) is 14.0 Å². The first-order chi connectivity index (χ1) is 26.2. The van der Waals surface area contributed by atoms with Gasteiger partial charge in [0.25, 0.3) is 0 Å². The summed E-state index contributed by atoms with van der Waals surface area (Å²) in [4.78, 5) is 71.5. The molecule has 0 radical (unpaired) electrons. The maximum atomic E-state index is 13.7. The standard InChI is InChI=1S/C42H54N8O5/c1-25(2)34(45-27(5)51)36(52)49-21-9-19-41(49,6)38-43-23-32(46-38)30-15-11-28(12-16-30)29-13-17-31(18-14-29)33-24-44-39(47-33)42(7)20-10-22-50(42)37(53)35(26(3)4)48-40(54)55-8/h11-18,23-26,34-35H,9-10,19-22H2,1-8H3,(H,43,46)(H,44,47)(H,45,51)(H,48,54). The summed E-state index contributed by atoms with van der Waals surface area (Å²) in [5.74, 6) is 0.831. The van der Waals surface area contributed by atoms with Crippen molar-refractivity contribution in [2.45, 2.75) is 97.3 Å². The van der Waals surface area contributed by atoms with Crippen LogP contribution >= 0.6 is 0 Å². The Morgan fingerprint density at radius 2 is 1.05 bits per heavy atom. The van der Waals surface area contributed by atoms with Crippen LogP contribution < -0.4 is 10.6 Å². The number of amides is 4. The highest BCUT2D eigenvalue weighted by atomic mass is 16.5.